The van der Waals surface area contributed by atoms with Crippen LogP contribution in [-0.2, 0) is 9.53 Å². The molecule has 1 aliphatic rings. The van der Waals surface area contributed by atoms with Gasteiger partial charge in [0.15, 0.2) is 0 Å². The summed E-state index contributed by atoms with van der Waals surface area (Å²) < 4.78 is 18.3. The average Bonchev–Trinajstić information content (AvgIpc) is 2.42. The first-order valence-electron chi connectivity index (χ1n) is 6.11. The summed E-state index contributed by atoms with van der Waals surface area (Å²) in [6.45, 7) is 4.25. The zero-order chi connectivity index (χ0) is 13.0. The van der Waals surface area contributed by atoms with E-state index in [1.54, 1.807) is 17.0 Å². The van der Waals surface area contributed by atoms with E-state index in [0.717, 1.165) is 6.54 Å². The number of nitrogens with zero attached hydrogens (tertiary/aromatic N) is 1. The van der Waals surface area contributed by atoms with Crippen LogP contribution in [0.4, 0.5) is 10.1 Å². The lowest BCUT2D eigenvalue weighted by molar-refractivity contribution is -0.131. The molecule has 1 saturated heterocycles. The molecule has 1 heterocycles. The molecule has 0 aliphatic carbocycles. The standard InChI is InChI=1S/C13H17FN2O2/c1-2-16(11-5-3-10(14)4-6-11)13(17)12-9-15-7-8-18-12/h3-6,12,15H,2,7-9H2,1H3. The monoisotopic (exact) mass is 252 g/mol. The molecule has 4 nitrogen and oxygen atoms in total. The fourth-order valence-electron chi connectivity index (χ4n) is 1.98. The van der Waals surface area contributed by atoms with Crippen molar-refractivity contribution in [2.45, 2.75) is 13.0 Å². The van der Waals surface area contributed by atoms with Gasteiger partial charge in [0.25, 0.3) is 5.91 Å². The maximum atomic E-state index is 12.9. The zero-order valence-corrected chi connectivity index (χ0v) is 10.4. The van der Waals surface area contributed by atoms with Gasteiger partial charge in [0.2, 0.25) is 0 Å². The third kappa shape index (κ3) is 2.86. The van der Waals surface area contributed by atoms with Crippen LogP contribution in [0.3, 0.4) is 0 Å². The first-order valence-corrected chi connectivity index (χ1v) is 6.11. The number of amides is 1. The Morgan fingerprint density at radius 3 is 2.78 bits per heavy atom. The fraction of sp³-hybridized carbons (Fsp3) is 0.462. The largest absolute Gasteiger partial charge is 0.366 e. The molecule has 1 unspecified atom stereocenters. The summed E-state index contributed by atoms with van der Waals surface area (Å²) in [6.07, 6.45) is -0.455. The zero-order valence-electron chi connectivity index (χ0n) is 10.4. The van der Waals surface area contributed by atoms with Gasteiger partial charge >= 0.3 is 0 Å². The van der Waals surface area contributed by atoms with Crippen molar-refractivity contribution in [3.05, 3.63) is 30.1 Å². The second-order valence-corrected chi connectivity index (χ2v) is 4.12. The van der Waals surface area contributed by atoms with Crippen LogP contribution in [0.15, 0.2) is 24.3 Å². The van der Waals surface area contributed by atoms with E-state index in [2.05, 4.69) is 5.32 Å². The van der Waals surface area contributed by atoms with Gasteiger partial charge in [-0.3, -0.25) is 4.79 Å². The van der Waals surface area contributed by atoms with Gasteiger partial charge in [0, 0.05) is 25.3 Å². The van der Waals surface area contributed by atoms with Gasteiger partial charge in [-0.1, -0.05) is 0 Å². The second-order valence-electron chi connectivity index (χ2n) is 4.12. The molecule has 1 aliphatic heterocycles. The molecule has 0 spiro atoms. The van der Waals surface area contributed by atoms with Crippen LogP contribution in [0, 0.1) is 5.82 Å². The second kappa shape index (κ2) is 5.93. The summed E-state index contributed by atoms with van der Waals surface area (Å²) in [7, 11) is 0. The molecule has 2 rings (SSSR count). The number of nitrogens with one attached hydrogen (secondary N) is 1. The SMILES string of the molecule is CCN(C(=O)C1CNCCO1)c1ccc(F)cc1. The minimum absolute atomic E-state index is 0.0868. The van der Waals surface area contributed by atoms with Crippen LogP contribution in [0.5, 0.6) is 0 Å². The van der Waals surface area contributed by atoms with Crippen molar-refractivity contribution in [3.63, 3.8) is 0 Å². The molecule has 98 valence electrons. The van der Waals surface area contributed by atoms with E-state index >= 15 is 0 Å². The van der Waals surface area contributed by atoms with Gasteiger partial charge in [-0.25, -0.2) is 4.39 Å². The van der Waals surface area contributed by atoms with Gasteiger partial charge in [-0.15, -0.1) is 0 Å². The maximum Gasteiger partial charge on any atom is 0.257 e. The Morgan fingerprint density at radius 2 is 2.22 bits per heavy atom. The number of benzene rings is 1. The molecule has 0 radical (unpaired) electrons. The van der Waals surface area contributed by atoms with E-state index in [0.29, 0.717) is 25.4 Å². The number of halogens is 1. The van der Waals surface area contributed by atoms with Gasteiger partial charge in [-0.2, -0.15) is 0 Å². The topological polar surface area (TPSA) is 41.6 Å². The number of hydrogen-bond acceptors (Lipinski definition) is 3. The highest BCUT2D eigenvalue weighted by molar-refractivity contribution is 5.96. The molecule has 5 heteroatoms. The highest BCUT2D eigenvalue weighted by atomic mass is 19.1. The highest BCUT2D eigenvalue weighted by Crippen LogP contribution is 2.16. The molecule has 18 heavy (non-hydrogen) atoms. The first-order chi connectivity index (χ1) is 8.72. The van der Waals surface area contributed by atoms with Gasteiger partial charge in [0.1, 0.15) is 11.9 Å². The summed E-state index contributed by atoms with van der Waals surface area (Å²) >= 11 is 0. The van der Waals surface area contributed by atoms with Crippen LogP contribution < -0.4 is 10.2 Å². The number of carbonyl (C=O) groups excluding carboxylic acids is 1. The number of carbonyl (C=O) groups is 1. The molecule has 1 aromatic carbocycles. The number of anilines is 1. The Kier molecular flexibility index (Phi) is 4.28. The summed E-state index contributed by atoms with van der Waals surface area (Å²) in [4.78, 5) is 13.9. The quantitative estimate of drug-likeness (QED) is 0.878. The van der Waals surface area contributed by atoms with Crippen molar-refractivity contribution in [3.8, 4) is 0 Å². The average molecular weight is 252 g/mol. The number of ether oxygens (including phenoxy) is 1. The molecule has 0 aromatic heterocycles. The lowest BCUT2D eigenvalue weighted by Gasteiger charge is -2.29. The Labute approximate surface area is 106 Å². The van der Waals surface area contributed by atoms with Gasteiger partial charge in [-0.05, 0) is 31.2 Å². The normalized spacial score (nSPS) is 19.6. The Morgan fingerprint density at radius 1 is 1.50 bits per heavy atom. The predicted octanol–water partition coefficient (Wildman–Crippen LogP) is 1.17. The third-order valence-corrected chi connectivity index (χ3v) is 2.92. The molecule has 1 aromatic rings. The first kappa shape index (κ1) is 13.0. The van der Waals surface area contributed by atoms with Crippen molar-refractivity contribution in [2.75, 3.05) is 31.1 Å². The summed E-state index contributed by atoms with van der Waals surface area (Å²) in [5.74, 6) is -0.394. The van der Waals surface area contributed by atoms with Gasteiger partial charge < -0.3 is 15.0 Å². The fourth-order valence-corrected chi connectivity index (χ4v) is 1.98. The van der Waals surface area contributed by atoms with Crippen molar-refractivity contribution >= 4 is 11.6 Å². The summed E-state index contributed by atoms with van der Waals surface area (Å²) in [6, 6.07) is 5.91. The van der Waals surface area contributed by atoms with E-state index in [4.69, 9.17) is 4.74 Å². The van der Waals surface area contributed by atoms with Crippen molar-refractivity contribution in [1.29, 1.82) is 0 Å². The van der Waals surface area contributed by atoms with Gasteiger partial charge in [0.05, 0.1) is 6.61 Å². The molecule has 1 amide bonds. The smallest absolute Gasteiger partial charge is 0.257 e. The van der Waals surface area contributed by atoms with Crippen LogP contribution in [0.1, 0.15) is 6.92 Å². The molecule has 1 atom stereocenters. The van der Waals surface area contributed by atoms with E-state index in [9.17, 15) is 9.18 Å². The highest BCUT2D eigenvalue weighted by Gasteiger charge is 2.26. The Balaban J connectivity index is 2.12. The van der Waals surface area contributed by atoms with Crippen LogP contribution >= 0.6 is 0 Å². The number of rotatable bonds is 3. The molecule has 0 saturated carbocycles. The van der Waals surface area contributed by atoms with Crippen LogP contribution in [-0.4, -0.2) is 38.3 Å². The molecule has 1 N–H and O–H groups in total. The van der Waals surface area contributed by atoms with Crippen molar-refractivity contribution in [2.24, 2.45) is 0 Å². The van der Waals surface area contributed by atoms with E-state index in [-0.39, 0.29) is 11.7 Å². The lowest BCUT2D eigenvalue weighted by Crippen LogP contribution is -2.49. The van der Waals surface area contributed by atoms with E-state index < -0.39 is 6.10 Å². The lowest BCUT2D eigenvalue weighted by atomic mass is 10.2. The minimum atomic E-state index is -0.455. The Bertz CT molecular complexity index is 402. The van der Waals surface area contributed by atoms with Crippen LogP contribution in [0.2, 0.25) is 0 Å². The van der Waals surface area contributed by atoms with E-state index in [1.165, 1.54) is 12.1 Å². The Hall–Kier alpha value is -1.46. The number of likely N-dealkylation sites (N-methyl/N-ethyl adjacent to an activating group) is 1. The molecular formula is C13H17FN2O2. The third-order valence-electron chi connectivity index (χ3n) is 2.92. The molecule has 1 fully saturated rings. The van der Waals surface area contributed by atoms with Crippen molar-refractivity contribution < 1.29 is 13.9 Å². The summed E-state index contributed by atoms with van der Waals surface area (Å²) in [5.41, 5.74) is 0.693. The number of hydrogen-bond donors (Lipinski definition) is 1. The predicted molar refractivity (Wildman–Crippen MR) is 67.0 cm³/mol. The molecule has 0 bridgehead atoms. The van der Waals surface area contributed by atoms with E-state index in [1.807, 2.05) is 6.92 Å². The van der Waals surface area contributed by atoms with Crippen LogP contribution in [0.25, 0.3) is 0 Å². The van der Waals surface area contributed by atoms with Crippen molar-refractivity contribution in [1.82, 2.24) is 5.32 Å². The molecular weight excluding hydrogens is 235 g/mol. The number of morpholine rings is 1. The summed E-state index contributed by atoms with van der Waals surface area (Å²) in [5, 5.41) is 3.12. The minimum Gasteiger partial charge on any atom is -0.366 e. The maximum absolute atomic E-state index is 12.9.